The number of hydrogen-bond acceptors (Lipinski definition) is 4. The average Bonchev–Trinajstić information content (AvgIpc) is 2.55. The van der Waals surface area contributed by atoms with E-state index in [4.69, 9.17) is 4.74 Å². The van der Waals surface area contributed by atoms with Gasteiger partial charge in [-0.2, -0.15) is 0 Å². The number of hydrogen-bond donors (Lipinski definition) is 1. The Morgan fingerprint density at radius 1 is 1.17 bits per heavy atom. The number of ether oxygens (including phenoxy) is 1. The Morgan fingerprint density at radius 3 is 2.38 bits per heavy atom. The van der Waals surface area contributed by atoms with Crippen LogP contribution < -0.4 is 4.31 Å². The highest BCUT2D eigenvalue weighted by Gasteiger charge is 2.27. The molecule has 0 saturated carbocycles. The molecule has 0 aliphatic rings. The molecule has 0 heterocycles. The minimum atomic E-state index is -3.96. The van der Waals surface area contributed by atoms with Crippen LogP contribution in [0.1, 0.15) is 11.7 Å². The van der Waals surface area contributed by atoms with Crippen LogP contribution in [0, 0.1) is 11.6 Å². The number of methoxy groups -OCH3 is 1. The molecule has 0 aromatic heterocycles. The Hall–Kier alpha value is -2.19. The number of halogens is 2. The molecule has 0 bridgehead atoms. The first kappa shape index (κ1) is 18.2. The number of nitrogens with zero attached hydrogens (tertiary/aromatic N) is 1. The molecule has 0 amide bonds. The molecule has 1 N–H and O–H groups in total. The van der Waals surface area contributed by atoms with Gasteiger partial charge in [-0.25, -0.2) is 17.2 Å². The third kappa shape index (κ3) is 4.01. The van der Waals surface area contributed by atoms with Crippen molar-refractivity contribution < 1.29 is 27.0 Å². The molecular formula is C16H17F2NO4S. The molecular weight excluding hydrogens is 340 g/mol. The zero-order valence-corrected chi connectivity index (χ0v) is 13.9. The standard InChI is InChI=1S/C16H17F2NO4S/c1-19(15-9-13(20)7-8-14(15)18)24(21,22)10-16(23-2)11-3-5-12(17)6-4-11/h3-9,16,20H,10H2,1-2H3. The maximum atomic E-state index is 13.8. The van der Waals surface area contributed by atoms with E-state index in [9.17, 15) is 22.3 Å². The highest BCUT2D eigenvalue weighted by Crippen LogP contribution is 2.27. The molecule has 0 aliphatic carbocycles. The third-order valence-corrected chi connectivity index (χ3v) is 5.33. The van der Waals surface area contributed by atoms with Gasteiger partial charge in [-0.3, -0.25) is 4.31 Å². The molecule has 8 heteroatoms. The molecule has 0 saturated heterocycles. The number of benzene rings is 2. The Labute approximate surface area is 139 Å². The monoisotopic (exact) mass is 357 g/mol. The van der Waals surface area contributed by atoms with Crippen LogP contribution in [-0.4, -0.2) is 33.4 Å². The van der Waals surface area contributed by atoms with Gasteiger partial charge in [0.05, 0.1) is 17.5 Å². The van der Waals surface area contributed by atoms with E-state index in [0.717, 1.165) is 22.5 Å². The highest BCUT2D eigenvalue weighted by molar-refractivity contribution is 7.92. The highest BCUT2D eigenvalue weighted by atomic mass is 32.2. The van der Waals surface area contributed by atoms with Gasteiger partial charge >= 0.3 is 0 Å². The smallest absolute Gasteiger partial charge is 0.237 e. The molecule has 0 radical (unpaired) electrons. The quantitative estimate of drug-likeness (QED) is 0.863. The summed E-state index contributed by atoms with van der Waals surface area (Å²) >= 11 is 0. The van der Waals surface area contributed by atoms with E-state index in [1.54, 1.807) is 0 Å². The fourth-order valence-corrected chi connectivity index (χ4v) is 3.55. The van der Waals surface area contributed by atoms with Gasteiger partial charge in [-0.15, -0.1) is 0 Å². The van der Waals surface area contributed by atoms with Crippen LogP contribution >= 0.6 is 0 Å². The summed E-state index contributed by atoms with van der Waals surface area (Å²) in [6.45, 7) is 0. The van der Waals surface area contributed by atoms with Gasteiger partial charge in [0, 0.05) is 20.2 Å². The Morgan fingerprint density at radius 2 is 1.79 bits per heavy atom. The van der Waals surface area contributed by atoms with E-state index < -0.39 is 33.5 Å². The van der Waals surface area contributed by atoms with Gasteiger partial charge < -0.3 is 9.84 Å². The van der Waals surface area contributed by atoms with Crippen LogP contribution in [0.4, 0.5) is 14.5 Å². The molecule has 1 atom stereocenters. The zero-order chi connectivity index (χ0) is 17.9. The van der Waals surface area contributed by atoms with Crippen molar-refractivity contribution in [2.75, 3.05) is 24.2 Å². The van der Waals surface area contributed by atoms with Crippen molar-refractivity contribution in [2.45, 2.75) is 6.10 Å². The summed E-state index contributed by atoms with van der Waals surface area (Å²) in [6.07, 6.45) is -0.849. The van der Waals surface area contributed by atoms with Gasteiger partial charge in [0.15, 0.2) is 0 Å². The summed E-state index contributed by atoms with van der Waals surface area (Å²) < 4.78 is 57.8. The Balaban J connectivity index is 2.28. The molecule has 130 valence electrons. The number of phenols is 1. The molecule has 2 aromatic rings. The van der Waals surface area contributed by atoms with Crippen LogP contribution in [0.5, 0.6) is 5.75 Å². The zero-order valence-electron chi connectivity index (χ0n) is 13.1. The van der Waals surface area contributed by atoms with Gasteiger partial charge in [-0.05, 0) is 29.8 Å². The molecule has 2 aromatic carbocycles. The first-order chi connectivity index (χ1) is 11.2. The summed E-state index contributed by atoms with van der Waals surface area (Å²) in [6, 6.07) is 8.37. The second kappa shape index (κ2) is 7.14. The van der Waals surface area contributed by atoms with E-state index in [2.05, 4.69) is 0 Å². The Kier molecular flexibility index (Phi) is 5.40. The number of rotatable bonds is 6. The summed E-state index contributed by atoms with van der Waals surface area (Å²) in [5.74, 6) is -1.96. The van der Waals surface area contributed by atoms with Gasteiger partial charge in [-0.1, -0.05) is 12.1 Å². The summed E-state index contributed by atoms with van der Waals surface area (Å²) in [5.41, 5.74) is 0.205. The maximum absolute atomic E-state index is 13.8. The molecule has 0 fully saturated rings. The lowest BCUT2D eigenvalue weighted by atomic mass is 10.1. The average molecular weight is 357 g/mol. The lowest BCUT2D eigenvalue weighted by Gasteiger charge is -2.23. The van der Waals surface area contributed by atoms with E-state index >= 15 is 0 Å². The van der Waals surface area contributed by atoms with E-state index in [1.165, 1.54) is 38.4 Å². The van der Waals surface area contributed by atoms with Gasteiger partial charge in [0.25, 0.3) is 0 Å². The van der Waals surface area contributed by atoms with Gasteiger partial charge in [0.2, 0.25) is 10.0 Å². The first-order valence-corrected chi connectivity index (χ1v) is 8.59. The number of phenolic OH excluding ortho intramolecular Hbond substituents is 1. The lowest BCUT2D eigenvalue weighted by molar-refractivity contribution is 0.121. The van der Waals surface area contributed by atoms with Crippen LogP contribution in [-0.2, 0) is 14.8 Å². The molecule has 2 rings (SSSR count). The van der Waals surface area contributed by atoms with Crippen molar-refractivity contribution in [3.8, 4) is 5.75 Å². The van der Waals surface area contributed by atoms with Crippen molar-refractivity contribution in [2.24, 2.45) is 0 Å². The number of sulfonamides is 1. The van der Waals surface area contributed by atoms with Gasteiger partial charge in [0.1, 0.15) is 17.4 Å². The third-order valence-electron chi connectivity index (χ3n) is 3.57. The number of aromatic hydroxyl groups is 1. The summed E-state index contributed by atoms with van der Waals surface area (Å²) in [5, 5.41) is 9.44. The van der Waals surface area contributed by atoms with Crippen molar-refractivity contribution in [3.63, 3.8) is 0 Å². The molecule has 5 nitrogen and oxygen atoms in total. The predicted molar refractivity (Wildman–Crippen MR) is 86.4 cm³/mol. The van der Waals surface area contributed by atoms with Crippen LogP contribution in [0.25, 0.3) is 0 Å². The molecule has 0 aliphatic heterocycles. The fraction of sp³-hybridized carbons (Fsp3) is 0.250. The summed E-state index contributed by atoms with van der Waals surface area (Å²) in [4.78, 5) is 0. The predicted octanol–water partition coefficient (Wildman–Crippen LogP) is 2.82. The molecule has 0 spiro atoms. The fourth-order valence-electron chi connectivity index (χ4n) is 2.17. The van der Waals surface area contributed by atoms with Crippen LogP contribution in [0.3, 0.4) is 0 Å². The normalized spacial score (nSPS) is 12.8. The van der Waals surface area contributed by atoms with E-state index in [1.807, 2.05) is 0 Å². The molecule has 24 heavy (non-hydrogen) atoms. The Bertz CT molecular complexity index is 809. The van der Waals surface area contributed by atoms with E-state index in [0.29, 0.717) is 5.56 Å². The lowest BCUT2D eigenvalue weighted by Crippen LogP contribution is -2.32. The second-order valence-corrected chi connectivity index (χ2v) is 7.20. The molecule has 1 unspecified atom stereocenters. The first-order valence-electron chi connectivity index (χ1n) is 6.98. The van der Waals surface area contributed by atoms with Crippen molar-refractivity contribution in [1.29, 1.82) is 0 Å². The summed E-state index contributed by atoms with van der Waals surface area (Å²) in [7, 11) is -1.44. The maximum Gasteiger partial charge on any atom is 0.237 e. The van der Waals surface area contributed by atoms with Crippen LogP contribution in [0.2, 0.25) is 0 Å². The van der Waals surface area contributed by atoms with Crippen LogP contribution in [0.15, 0.2) is 42.5 Å². The minimum absolute atomic E-state index is 0.254. The second-order valence-electron chi connectivity index (χ2n) is 5.16. The number of anilines is 1. The SMILES string of the molecule is COC(CS(=O)(=O)N(C)c1cc(O)ccc1F)c1ccc(F)cc1. The van der Waals surface area contributed by atoms with Crippen molar-refractivity contribution in [1.82, 2.24) is 0 Å². The van der Waals surface area contributed by atoms with Crippen molar-refractivity contribution >= 4 is 15.7 Å². The minimum Gasteiger partial charge on any atom is -0.508 e. The van der Waals surface area contributed by atoms with E-state index in [-0.39, 0.29) is 11.4 Å². The van der Waals surface area contributed by atoms with Crippen molar-refractivity contribution in [3.05, 3.63) is 59.7 Å². The largest absolute Gasteiger partial charge is 0.508 e. The topological polar surface area (TPSA) is 66.8 Å².